The average Bonchev–Trinajstić information content (AvgIpc) is 2.89. The summed E-state index contributed by atoms with van der Waals surface area (Å²) >= 11 is 7.46. The van der Waals surface area contributed by atoms with E-state index in [9.17, 15) is 9.59 Å². The topological polar surface area (TPSA) is 64.0 Å². The summed E-state index contributed by atoms with van der Waals surface area (Å²) < 4.78 is 1.84. The van der Waals surface area contributed by atoms with Crippen LogP contribution in [0.3, 0.4) is 0 Å². The van der Waals surface area contributed by atoms with Crippen LogP contribution in [0.5, 0.6) is 0 Å². The lowest BCUT2D eigenvalue weighted by Crippen LogP contribution is -2.43. The van der Waals surface area contributed by atoms with Crippen LogP contribution in [-0.2, 0) is 23.2 Å². The number of amides is 1. The Labute approximate surface area is 228 Å². The van der Waals surface area contributed by atoms with Crippen LogP contribution in [0.1, 0.15) is 68.6 Å². The average molecular weight is 536 g/mol. The van der Waals surface area contributed by atoms with E-state index in [0.717, 1.165) is 67.3 Å². The van der Waals surface area contributed by atoms with Crippen molar-refractivity contribution in [3.8, 4) is 11.3 Å². The molecule has 2 aliphatic rings. The largest absolute Gasteiger partial charge is 0.325 e. The van der Waals surface area contributed by atoms with E-state index < -0.39 is 0 Å². The number of fused-ring (bicyclic) bond motifs is 4. The van der Waals surface area contributed by atoms with Crippen LogP contribution < -0.4 is 10.9 Å². The third kappa shape index (κ3) is 5.23. The van der Waals surface area contributed by atoms with E-state index in [1.54, 1.807) is 6.07 Å². The molecular formula is C30H34ClN3O2S. The molecule has 0 bridgehead atoms. The Balaban J connectivity index is 1.53. The first-order valence-corrected chi connectivity index (χ1v) is 14.7. The molecule has 7 heteroatoms. The van der Waals surface area contributed by atoms with Crippen molar-refractivity contribution in [1.29, 1.82) is 0 Å². The zero-order valence-electron chi connectivity index (χ0n) is 21.6. The summed E-state index contributed by atoms with van der Waals surface area (Å²) in [6, 6.07) is 13.8. The van der Waals surface area contributed by atoms with Crippen molar-refractivity contribution in [3.63, 3.8) is 0 Å². The summed E-state index contributed by atoms with van der Waals surface area (Å²) in [5.74, 6) is 0.0179. The van der Waals surface area contributed by atoms with Crippen LogP contribution in [0.2, 0.25) is 5.02 Å². The van der Waals surface area contributed by atoms with Crippen molar-refractivity contribution in [2.75, 3.05) is 11.1 Å². The molecule has 1 aromatic heterocycles. The summed E-state index contributed by atoms with van der Waals surface area (Å²) in [5, 5.41) is 4.16. The van der Waals surface area contributed by atoms with Gasteiger partial charge >= 0.3 is 0 Å². The number of nitrogens with one attached hydrogen (secondary N) is 1. The number of aromatic nitrogens is 2. The van der Waals surface area contributed by atoms with E-state index in [-0.39, 0.29) is 22.6 Å². The fourth-order valence-electron chi connectivity index (χ4n) is 5.89. The summed E-state index contributed by atoms with van der Waals surface area (Å²) in [6.45, 7) is 4.68. The van der Waals surface area contributed by atoms with Crippen LogP contribution in [-0.4, -0.2) is 21.2 Å². The highest BCUT2D eigenvalue weighted by atomic mass is 35.5. The fraction of sp³-hybridized carbons (Fsp3) is 0.433. The van der Waals surface area contributed by atoms with Gasteiger partial charge in [0, 0.05) is 28.2 Å². The van der Waals surface area contributed by atoms with E-state index >= 15 is 0 Å². The highest BCUT2D eigenvalue weighted by Crippen LogP contribution is 2.48. The van der Waals surface area contributed by atoms with Crippen LogP contribution in [0.4, 0.5) is 5.69 Å². The first-order chi connectivity index (χ1) is 17.9. The lowest BCUT2D eigenvalue weighted by molar-refractivity contribution is -0.113. The molecule has 0 aliphatic heterocycles. The number of anilines is 1. The molecule has 1 fully saturated rings. The fourth-order valence-corrected chi connectivity index (χ4v) is 6.88. The molecule has 1 N–H and O–H groups in total. The summed E-state index contributed by atoms with van der Waals surface area (Å²) in [4.78, 5) is 32.3. The molecule has 2 aliphatic carbocycles. The Kier molecular flexibility index (Phi) is 7.77. The minimum atomic E-state index is -0.145. The van der Waals surface area contributed by atoms with E-state index in [2.05, 4.69) is 30.4 Å². The van der Waals surface area contributed by atoms with Crippen LogP contribution in [0.25, 0.3) is 11.3 Å². The van der Waals surface area contributed by atoms with Gasteiger partial charge in [-0.05, 0) is 55.9 Å². The van der Waals surface area contributed by atoms with Crippen LogP contribution in [0, 0.1) is 6.92 Å². The van der Waals surface area contributed by atoms with Gasteiger partial charge in [0.1, 0.15) is 0 Å². The van der Waals surface area contributed by atoms with Crippen molar-refractivity contribution in [2.45, 2.75) is 82.3 Å². The molecule has 3 aromatic rings. The Morgan fingerprint density at radius 1 is 1.16 bits per heavy atom. The zero-order chi connectivity index (χ0) is 26.0. The molecule has 5 nitrogen and oxygen atoms in total. The van der Waals surface area contributed by atoms with Crippen molar-refractivity contribution in [3.05, 3.63) is 74.5 Å². The number of rotatable bonds is 7. The maximum Gasteiger partial charge on any atom is 0.258 e. The molecule has 5 rings (SSSR count). The highest BCUT2D eigenvalue weighted by molar-refractivity contribution is 7.99. The van der Waals surface area contributed by atoms with Crippen molar-refractivity contribution in [2.24, 2.45) is 0 Å². The minimum absolute atomic E-state index is 0.0865. The molecule has 0 atom stereocenters. The van der Waals surface area contributed by atoms with Gasteiger partial charge in [-0.3, -0.25) is 14.2 Å². The normalized spacial score (nSPS) is 15.8. The third-order valence-corrected chi connectivity index (χ3v) is 9.03. The Morgan fingerprint density at radius 2 is 1.95 bits per heavy atom. The molecule has 0 radical (unpaired) electrons. The van der Waals surface area contributed by atoms with Gasteiger partial charge in [0.05, 0.1) is 17.0 Å². The quantitative estimate of drug-likeness (QED) is 0.257. The van der Waals surface area contributed by atoms with Gasteiger partial charge in [-0.2, -0.15) is 0 Å². The predicted octanol–water partition coefficient (Wildman–Crippen LogP) is 7.16. The van der Waals surface area contributed by atoms with Gasteiger partial charge in [0.25, 0.3) is 5.56 Å². The Morgan fingerprint density at radius 3 is 2.73 bits per heavy atom. The molecule has 1 amide bonds. The van der Waals surface area contributed by atoms with Crippen LogP contribution in [0.15, 0.2) is 52.4 Å². The van der Waals surface area contributed by atoms with E-state index in [1.165, 1.54) is 23.7 Å². The Hall–Kier alpha value is -2.57. The van der Waals surface area contributed by atoms with E-state index in [1.807, 2.05) is 29.7 Å². The van der Waals surface area contributed by atoms with Gasteiger partial charge in [-0.25, -0.2) is 4.98 Å². The zero-order valence-corrected chi connectivity index (χ0v) is 23.2. The number of hydrogen-bond donors (Lipinski definition) is 1. The number of nitrogens with zero attached hydrogens (tertiary/aromatic N) is 2. The molecule has 1 heterocycles. The first-order valence-electron chi connectivity index (χ1n) is 13.3. The van der Waals surface area contributed by atoms with Gasteiger partial charge < -0.3 is 5.32 Å². The molecule has 37 heavy (non-hydrogen) atoms. The van der Waals surface area contributed by atoms with Gasteiger partial charge in [-0.15, -0.1) is 0 Å². The van der Waals surface area contributed by atoms with Gasteiger partial charge in [0.15, 0.2) is 5.16 Å². The van der Waals surface area contributed by atoms with E-state index in [4.69, 9.17) is 16.6 Å². The molecule has 0 saturated heterocycles. The minimum Gasteiger partial charge on any atom is -0.325 e. The second kappa shape index (κ2) is 11.0. The second-order valence-electron chi connectivity index (χ2n) is 10.4. The molecule has 2 aromatic carbocycles. The standard InChI is InChI=1S/C30H34ClN3O2S/c1-3-4-16-34-28(36)26-27(23-11-7-6-10-21(23)18-30(26)14-8-5-9-15-30)33-29(34)37-19-25(35)32-24-17-22(31)13-12-20(24)2/h6-7,10-13,17H,3-5,8-9,14-16,18-19H2,1-2H3,(H,32,35). The molecule has 194 valence electrons. The molecule has 0 unspecified atom stereocenters. The molecular weight excluding hydrogens is 502 g/mol. The van der Waals surface area contributed by atoms with Crippen molar-refractivity contribution >= 4 is 35.0 Å². The lowest BCUT2D eigenvalue weighted by Gasteiger charge is -2.42. The SMILES string of the molecule is CCCCn1c(SCC(=O)Nc2cc(Cl)ccc2C)nc2c(c1=O)C1(CCCCC1)Cc1ccccc1-2. The monoisotopic (exact) mass is 535 g/mol. The van der Waals surface area contributed by atoms with Crippen LogP contribution >= 0.6 is 23.4 Å². The number of thioether (sulfide) groups is 1. The molecule has 1 saturated carbocycles. The van der Waals surface area contributed by atoms with Crippen molar-refractivity contribution in [1.82, 2.24) is 9.55 Å². The second-order valence-corrected chi connectivity index (χ2v) is 11.8. The number of aryl methyl sites for hydroxylation is 1. The first kappa shape index (κ1) is 26.1. The third-order valence-electron chi connectivity index (χ3n) is 7.82. The lowest BCUT2D eigenvalue weighted by atomic mass is 9.62. The summed E-state index contributed by atoms with van der Waals surface area (Å²) in [7, 11) is 0. The van der Waals surface area contributed by atoms with Gasteiger partial charge in [0.2, 0.25) is 5.91 Å². The number of unbranched alkanes of at least 4 members (excludes halogenated alkanes) is 1. The number of benzene rings is 2. The highest BCUT2D eigenvalue weighted by Gasteiger charge is 2.43. The maximum absolute atomic E-state index is 14.2. The van der Waals surface area contributed by atoms with Gasteiger partial charge in [-0.1, -0.05) is 86.3 Å². The smallest absolute Gasteiger partial charge is 0.258 e. The predicted molar refractivity (Wildman–Crippen MR) is 153 cm³/mol. The Bertz CT molecular complexity index is 1380. The number of hydrogen-bond acceptors (Lipinski definition) is 4. The maximum atomic E-state index is 14.2. The molecule has 1 spiro atoms. The number of carbonyl (C=O) groups excluding carboxylic acids is 1. The number of halogens is 1. The van der Waals surface area contributed by atoms with Crippen molar-refractivity contribution < 1.29 is 4.79 Å². The van der Waals surface area contributed by atoms with E-state index in [0.29, 0.717) is 22.4 Å². The summed E-state index contributed by atoms with van der Waals surface area (Å²) in [5.41, 5.74) is 5.68. The number of carbonyl (C=O) groups is 1. The summed E-state index contributed by atoms with van der Waals surface area (Å²) in [6.07, 6.45) is 8.38.